The molecule has 0 fully saturated rings. The highest BCUT2D eigenvalue weighted by Crippen LogP contribution is 2.34. The number of benzene rings is 1. The van der Waals surface area contributed by atoms with Crippen molar-refractivity contribution in [2.75, 3.05) is 0 Å². The van der Waals surface area contributed by atoms with Crippen molar-refractivity contribution in [2.45, 2.75) is 4.90 Å². The number of fused-ring (bicyclic) bond motifs is 1. The Kier molecular flexibility index (Phi) is 2.16. The highest BCUT2D eigenvalue weighted by Gasteiger charge is 2.18. The topological polar surface area (TPSA) is 43.1 Å². The van der Waals surface area contributed by atoms with Crippen LogP contribution in [0.5, 0.6) is 0 Å². The Morgan fingerprint density at radius 3 is 2.86 bits per heavy atom. The quantitative estimate of drug-likeness (QED) is 0.463. The van der Waals surface area contributed by atoms with Crippen LogP contribution in [-0.2, 0) is 0 Å². The van der Waals surface area contributed by atoms with E-state index < -0.39 is 16.4 Å². The van der Waals surface area contributed by atoms with Crippen LogP contribution in [0.15, 0.2) is 22.4 Å². The highest BCUT2D eigenvalue weighted by atomic mass is 32.1. The number of nitro benzene ring substituents is 1. The molecule has 1 aromatic carbocycles. The largest absolute Gasteiger partial charge is 0.305 e. The van der Waals surface area contributed by atoms with Gasteiger partial charge in [-0.05, 0) is 6.07 Å². The van der Waals surface area contributed by atoms with E-state index >= 15 is 0 Å². The number of halogens is 1. The molecule has 0 N–H and O–H groups in total. The van der Waals surface area contributed by atoms with Gasteiger partial charge in [-0.15, -0.1) is 24.0 Å². The molecule has 1 aromatic heterocycles. The summed E-state index contributed by atoms with van der Waals surface area (Å²) in [6, 6.07) is 2.70. The highest BCUT2D eigenvalue weighted by molar-refractivity contribution is 7.80. The fourth-order valence-corrected chi connectivity index (χ4v) is 2.48. The monoisotopic (exact) mass is 229 g/mol. The number of nitrogens with zero attached hydrogens (tertiary/aromatic N) is 1. The lowest BCUT2D eigenvalue weighted by molar-refractivity contribution is -0.387. The van der Waals surface area contributed by atoms with Crippen LogP contribution in [0, 0.1) is 15.9 Å². The fourth-order valence-electron chi connectivity index (χ4n) is 1.20. The summed E-state index contributed by atoms with van der Waals surface area (Å²) in [5.74, 6) is -0.807. The number of hydrogen-bond donors (Lipinski definition) is 1. The zero-order chi connectivity index (χ0) is 10.3. The first-order valence-electron chi connectivity index (χ1n) is 3.64. The van der Waals surface area contributed by atoms with Gasteiger partial charge in [-0.25, -0.2) is 0 Å². The standard InChI is InChI=1S/C8H4FNO2S2/c9-8-4(10(11)12)1-2-6-7(8)5(13)3-14-6/h1-3,13H. The molecule has 0 radical (unpaired) electrons. The Morgan fingerprint density at radius 1 is 1.50 bits per heavy atom. The lowest BCUT2D eigenvalue weighted by atomic mass is 10.2. The predicted octanol–water partition coefficient (Wildman–Crippen LogP) is 3.24. The number of thiol groups is 1. The summed E-state index contributed by atoms with van der Waals surface area (Å²) in [5.41, 5.74) is -0.508. The van der Waals surface area contributed by atoms with E-state index in [4.69, 9.17) is 0 Å². The smallest absolute Gasteiger partial charge is 0.258 e. The van der Waals surface area contributed by atoms with E-state index in [2.05, 4.69) is 12.6 Å². The summed E-state index contributed by atoms with van der Waals surface area (Å²) in [4.78, 5) is 10.1. The fraction of sp³-hybridized carbons (Fsp3) is 0. The molecule has 6 heteroatoms. The van der Waals surface area contributed by atoms with Crippen LogP contribution < -0.4 is 0 Å². The van der Waals surface area contributed by atoms with Gasteiger partial charge in [0.15, 0.2) is 0 Å². The summed E-state index contributed by atoms with van der Waals surface area (Å²) in [6.07, 6.45) is 0. The van der Waals surface area contributed by atoms with E-state index in [0.29, 0.717) is 9.60 Å². The molecule has 1 heterocycles. The van der Waals surface area contributed by atoms with Gasteiger partial charge in [0.05, 0.1) is 4.92 Å². The van der Waals surface area contributed by atoms with Crippen molar-refractivity contribution in [3.63, 3.8) is 0 Å². The van der Waals surface area contributed by atoms with Crippen molar-refractivity contribution in [3.8, 4) is 0 Å². The van der Waals surface area contributed by atoms with E-state index in [-0.39, 0.29) is 5.39 Å². The van der Waals surface area contributed by atoms with Gasteiger partial charge >= 0.3 is 5.69 Å². The van der Waals surface area contributed by atoms with E-state index in [9.17, 15) is 14.5 Å². The third-order valence-electron chi connectivity index (χ3n) is 1.83. The van der Waals surface area contributed by atoms with Crippen molar-refractivity contribution in [2.24, 2.45) is 0 Å². The molecule has 0 aliphatic carbocycles. The van der Waals surface area contributed by atoms with E-state index in [1.807, 2.05) is 0 Å². The molecule has 3 nitrogen and oxygen atoms in total. The number of nitro groups is 1. The van der Waals surface area contributed by atoms with E-state index in [0.717, 1.165) is 0 Å². The molecule has 0 saturated carbocycles. The molecule has 0 bridgehead atoms. The van der Waals surface area contributed by atoms with Gasteiger partial charge in [-0.1, -0.05) is 0 Å². The minimum atomic E-state index is -0.807. The second-order valence-electron chi connectivity index (χ2n) is 2.65. The number of rotatable bonds is 1. The molecule has 72 valence electrons. The minimum Gasteiger partial charge on any atom is -0.258 e. The zero-order valence-corrected chi connectivity index (χ0v) is 8.44. The van der Waals surface area contributed by atoms with Gasteiger partial charge in [0.25, 0.3) is 0 Å². The van der Waals surface area contributed by atoms with Crippen molar-refractivity contribution in [3.05, 3.63) is 33.4 Å². The van der Waals surface area contributed by atoms with Gasteiger partial charge in [0.1, 0.15) is 0 Å². The number of thiophene rings is 1. The maximum Gasteiger partial charge on any atom is 0.305 e. The van der Waals surface area contributed by atoms with Crippen molar-refractivity contribution >= 4 is 39.7 Å². The van der Waals surface area contributed by atoms with Gasteiger partial charge in [0, 0.05) is 26.4 Å². The van der Waals surface area contributed by atoms with E-state index in [1.54, 1.807) is 5.38 Å². The van der Waals surface area contributed by atoms with Gasteiger partial charge in [0.2, 0.25) is 5.82 Å². The SMILES string of the molecule is O=[N+]([O-])c1ccc2scc(S)c2c1F. The summed E-state index contributed by atoms with van der Waals surface area (Å²) in [6.45, 7) is 0. The first-order valence-corrected chi connectivity index (χ1v) is 4.97. The maximum absolute atomic E-state index is 13.5. The average molecular weight is 229 g/mol. The van der Waals surface area contributed by atoms with Crippen LogP contribution in [0.1, 0.15) is 0 Å². The molecule has 14 heavy (non-hydrogen) atoms. The van der Waals surface area contributed by atoms with Gasteiger partial charge in [-0.2, -0.15) is 4.39 Å². The maximum atomic E-state index is 13.5. The average Bonchev–Trinajstić information content (AvgIpc) is 2.48. The first kappa shape index (κ1) is 9.42. The molecule has 0 amide bonds. The zero-order valence-electron chi connectivity index (χ0n) is 6.73. The summed E-state index contributed by atoms with van der Waals surface area (Å²) in [7, 11) is 0. The predicted molar refractivity (Wildman–Crippen MR) is 55.7 cm³/mol. The van der Waals surface area contributed by atoms with Crippen LogP contribution in [0.4, 0.5) is 10.1 Å². The molecule has 2 rings (SSSR count). The molecular weight excluding hydrogens is 225 g/mol. The van der Waals surface area contributed by atoms with Crippen LogP contribution >= 0.6 is 24.0 Å². The molecule has 0 aliphatic heterocycles. The summed E-state index contributed by atoms with van der Waals surface area (Å²) >= 11 is 5.34. The lowest BCUT2D eigenvalue weighted by Crippen LogP contribution is -1.92. The first-order chi connectivity index (χ1) is 6.61. The molecule has 0 unspecified atom stereocenters. The Balaban J connectivity index is 2.86. The molecule has 0 spiro atoms. The Morgan fingerprint density at radius 2 is 2.21 bits per heavy atom. The minimum absolute atomic E-state index is 0.229. The normalized spacial score (nSPS) is 10.7. The molecule has 0 saturated heterocycles. The van der Waals surface area contributed by atoms with Crippen LogP contribution in [0.2, 0.25) is 0 Å². The van der Waals surface area contributed by atoms with Crippen LogP contribution in [-0.4, -0.2) is 4.92 Å². The molecule has 0 atom stereocenters. The molecule has 0 aliphatic rings. The van der Waals surface area contributed by atoms with Crippen LogP contribution in [0.25, 0.3) is 10.1 Å². The lowest BCUT2D eigenvalue weighted by Gasteiger charge is -1.95. The van der Waals surface area contributed by atoms with Crippen LogP contribution in [0.3, 0.4) is 0 Å². The molecular formula is C8H4FNO2S2. The molecule has 2 aromatic rings. The third-order valence-corrected chi connectivity index (χ3v) is 3.31. The third kappa shape index (κ3) is 1.27. The summed E-state index contributed by atoms with van der Waals surface area (Å²) in [5, 5.41) is 12.3. The Hall–Kier alpha value is -1.14. The van der Waals surface area contributed by atoms with Crippen molar-refractivity contribution < 1.29 is 9.31 Å². The summed E-state index contributed by atoms with van der Waals surface area (Å²) < 4.78 is 14.2. The Labute approximate surface area is 87.7 Å². The van der Waals surface area contributed by atoms with E-state index in [1.165, 1.54) is 23.5 Å². The second-order valence-corrected chi connectivity index (χ2v) is 4.04. The van der Waals surface area contributed by atoms with Crippen molar-refractivity contribution in [1.29, 1.82) is 0 Å². The van der Waals surface area contributed by atoms with Crippen molar-refractivity contribution in [1.82, 2.24) is 0 Å². The van der Waals surface area contributed by atoms with Gasteiger partial charge < -0.3 is 0 Å². The Bertz CT molecular complexity index is 523. The number of hydrogen-bond acceptors (Lipinski definition) is 4. The second kappa shape index (κ2) is 3.21. The van der Waals surface area contributed by atoms with Gasteiger partial charge in [-0.3, -0.25) is 10.1 Å².